The Balaban J connectivity index is 1.37. The predicted octanol–water partition coefficient (Wildman–Crippen LogP) is 10.1. The molecule has 0 amide bonds. The fourth-order valence-corrected chi connectivity index (χ4v) is 5.87. The Morgan fingerprint density at radius 1 is 0.489 bits per heavy atom. The van der Waals surface area contributed by atoms with Gasteiger partial charge in [0, 0.05) is 49.5 Å². The summed E-state index contributed by atoms with van der Waals surface area (Å²) in [5, 5.41) is 1.45. The van der Waals surface area contributed by atoms with Crippen LogP contribution in [-0.2, 0) is 0 Å². The number of benzene rings is 6. The lowest BCUT2D eigenvalue weighted by molar-refractivity contribution is 0.668. The topological polar surface area (TPSA) is 69.9 Å². The van der Waals surface area contributed by atoms with Crippen LogP contribution < -0.4 is 0 Å². The number of fused-ring (bicyclic) bond motifs is 9. The fourth-order valence-electron chi connectivity index (χ4n) is 5.87. The minimum Gasteiger partial charge on any atom is -0.456 e. The lowest BCUT2D eigenvalue weighted by Gasteiger charge is -2.11. The number of rotatable bonds is 3. The Bertz CT molecular complexity index is 3340. The van der Waals surface area contributed by atoms with Crippen molar-refractivity contribution in [3.8, 4) is 28.7 Å². The molecule has 10 aromatic rings. The van der Waals surface area contributed by atoms with Gasteiger partial charge in [-0.25, -0.2) is 4.98 Å². The molecular weight excluding hydrogens is 556 g/mol. The van der Waals surface area contributed by atoms with Crippen molar-refractivity contribution in [3.63, 3.8) is 0 Å². The molecule has 45 heavy (non-hydrogen) atoms. The molecule has 6 heteroatoms. The van der Waals surface area contributed by atoms with E-state index in [1.807, 2.05) is 54.6 Å². The third-order valence-electron chi connectivity index (χ3n) is 7.91. The van der Waals surface area contributed by atoms with E-state index in [0.29, 0.717) is 22.3 Å². The van der Waals surface area contributed by atoms with E-state index in [1.54, 1.807) is 18.2 Å². The number of para-hydroxylation sites is 3. The molecule has 210 valence electrons. The molecule has 4 aromatic heterocycles. The van der Waals surface area contributed by atoms with E-state index >= 15 is 0 Å². The smallest absolute Gasteiger partial charge is 0.238 e. The molecule has 0 fully saturated rings. The maximum absolute atomic E-state index is 9.55. The van der Waals surface area contributed by atoms with E-state index in [2.05, 4.69) is 0 Å². The third-order valence-corrected chi connectivity index (χ3v) is 7.91. The minimum atomic E-state index is -0.568. The van der Waals surface area contributed by atoms with Gasteiger partial charge in [0.15, 0.2) is 11.6 Å². The standard InChI is InChI=1S/C39H22N4O2/c1-2-10-23(11-3-1)37-40-38(24-18-19-28-26-13-5-8-16-33(26)44-35(28)20-24)42-39(41-37)43-31-15-7-4-12-25(31)29-21-30-27-14-6-9-17-34(27)45-36(30)22-32(29)43/h1-22H/i4D,6D,7D,9D,12D,14D,15D,17D,21D,22D. The highest BCUT2D eigenvalue weighted by molar-refractivity contribution is 6.17. The quantitative estimate of drug-likeness (QED) is 0.205. The molecule has 0 N–H and O–H groups in total. The maximum Gasteiger partial charge on any atom is 0.238 e. The Labute approximate surface area is 269 Å². The van der Waals surface area contributed by atoms with Gasteiger partial charge in [-0.3, -0.25) is 4.57 Å². The highest BCUT2D eigenvalue weighted by atomic mass is 16.3. The molecule has 0 saturated carbocycles. The van der Waals surface area contributed by atoms with Crippen LogP contribution in [0, 0.1) is 0 Å². The van der Waals surface area contributed by atoms with Crippen LogP contribution in [0.1, 0.15) is 13.7 Å². The van der Waals surface area contributed by atoms with Gasteiger partial charge in [-0.2, -0.15) is 9.97 Å². The number of nitrogens with zero attached hydrogens (tertiary/aromatic N) is 4. The summed E-state index contributed by atoms with van der Waals surface area (Å²) in [6.45, 7) is 0. The molecule has 0 aliphatic carbocycles. The molecule has 0 aliphatic heterocycles. The van der Waals surface area contributed by atoms with Crippen molar-refractivity contribution in [2.75, 3.05) is 0 Å². The van der Waals surface area contributed by atoms with Gasteiger partial charge in [0.2, 0.25) is 5.95 Å². The molecule has 4 heterocycles. The molecule has 10 rings (SSSR count). The summed E-state index contributed by atoms with van der Waals surface area (Å²) in [4.78, 5) is 14.5. The summed E-state index contributed by atoms with van der Waals surface area (Å²) in [6, 6.07) is 17.4. The van der Waals surface area contributed by atoms with Crippen molar-refractivity contribution in [2.45, 2.75) is 0 Å². The number of hydrogen-bond donors (Lipinski definition) is 0. The molecule has 0 bridgehead atoms. The van der Waals surface area contributed by atoms with E-state index < -0.39 is 48.3 Å². The zero-order valence-corrected chi connectivity index (χ0v) is 23.0. The van der Waals surface area contributed by atoms with Crippen LogP contribution in [-0.4, -0.2) is 19.5 Å². The van der Waals surface area contributed by atoms with Crippen LogP contribution in [0.2, 0.25) is 0 Å². The number of hydrogen-bond acceptors (Lipinski definition) is 5. The van der Waals surface area contributed by atoms with Gasteiger partial charge in [-0.1, -0.05) is 90.9 Å². The first-order valence-corrected chi connectivity index (χ1v) is 14.1. The van der Waals surface area contributed by atoms with Gasteiger partial charge in [0.1, 0.15) is 22.3 Å². The zero-order chi connectivity index (χ0) is 38.2. The van der Waals surface area contributed by atoms with E-state index in [4.69, 9.17) is 34.8 Å². The summed E-state index contributed by atoms with van der Waals surface area (Å²) in [6.07, 6.45) is 0. The monoisotopic (exact) mass is 588 g/mol. The van der Waals surface area contributed by atoms with Gasteiger partial charge in [-0.15, -0.1) is 0 Å². The normalized spacial score (nSPS) is 15.1. The Kier molecular flexibility index (Phi) is 3.35. The van der Waals surface area contributed by atoms with Crippen molar-refractivity contribution >= 4 is 65.7 Å². The molecule has 0 radical (unpaired) electrons. The lowest BCUT2D eigenvalue weighted by Crippen LogP contribution is -2.06. The van der Waals surface area contributed by atoms with Gasteiger partial charge in [0.05, 0.1) is 24.7 Å². The van der Waals surface area contributed by atoms with Crippen LogP contribution in [0.5, 0.6) is 0 Å². The van der Waals surface area contributed by atoms with Crippen LogP contribution in [0.4, 0.5) is 0 Å². The van der Waals surface area contributed by atoms with Gasteiger partial charge < -0.3 is 8.83 Å². The SMILES string of the molecule is [2H]c1c([2H])c([2H])c2c(oc3c([2H])c4c(c([2H])c32)c2c([2H])c([2H])c([2H])c([2H])c2n4-c2nc(-c3ccccc3)nc(-c3ccc4c(c3)oc3ccccc34)n2)c1[2H]. The van der Waals surface area contributed by atoms with Crippen molar-refractivity contribution in [1.82, 2.24) is 19.5 Å². The average Bonchev–Trinajstić information content (AvgIpc) is 3.91. The second kappa shape index (κ2) is 9.11. The van der Waals surface area contributed by atoms with Crippen molar-refractivity contribution in [2.24, 2.45) is 0 Å². The molecule has 6 nitrogen and oxygen atoms in total. The van der Waals surface area contributed by atoms with E-state index in [1.165, 1.54) is 4.57 Å². The molecule has 6 aromatic carbocycles. The second-order valence-electron chi connectivity index (χ2n) is 10.5. The molecule has 0 unspecified atom stereocenters. The van der Waals surface area contributed by atoms with Crippen LogP contribution >= 0.6 is 0 Å². The second-order valence-corrected chi connectivity index (χ2v) is 10.5. The fraction of sp³-hybridized carbons (Fsp3) is 0. The Morgan fingerprint density at radius 2 is 1.22 bits per heavy atom. The summed E-state index contributed by atoms with van der Waals surface area (Å²) in [5.74, 6) is 0.284. The Hall–Kier alpha value is -6.27. The van der Waals surface area contributed by atoms with E-state index in [9.17, 15) is 2.74 Å². The summed E-state index contributed by atoms with van der Waals surface area (Å²) >= 11 is 0. The van der Waals surface area contributed by atoms with Gasteiger partial charge >= 0.3 is 0 Å². The minimum absolute atomic E-state index is 0.0680. The van der Waals surface area contributed by atoms with Crippen molar-refractivity contribution in [1.29, 1.82) is 0 Å². The van der Waals surface area contributed by atoms with Crippen LogP contribution in [0.15, 0.2) is 142 Å². The molecule has 0 saturated heterocycles. The average molecular weight is 589 g/mol. The largest absolute Gasteiger partial charge is 0.456 e. The molecular formula is C39H22N4O2. The number of aromatic nitrogens is 4. The van der Waals surface area contributed by atoms with E-state index in [0.717, 1.165) is 10.8 Å². The first-order chi connectivity index (χ1) is 26.5. The van der Waals surface area contributed by atoms with Crippen LogP contribution in [0.3, 0.4) is 0 Å². The predicted molar refractivity (Wildman–Crippen MR) is 180 cm³/mol. The van der Waals surface area contributed by atoms with Crippen molar-refractivity contribution < 1.29 is 22.5 Å². The number of furan rings is 2. The highest BCUT2D eigenvalue weighted by Gasteiger charge is 2.20. The molecule has 0 spiro atoms. The van der Waals surface area contributed by atoms with Crippen molar-refractivity contribution in [3.05, 3.63) is 133 Å². The zero-order valence-electron chi connectivity index (χ0n) is 33.0. The summed E-state index contributed by atoms with van der Waals surface area (Å²) in [5.41, 5.74) is 1.77. The van der Waals surface area contributed by atoms with Gasteiger partial charge in [-0.05, 0) is 36.3 Å². The third kappa shape index (κ3) is 3.60. The Morgan fingerprint density at radius 3 is 2.13 bits per heavy atom. The molecule has 0 aliphatic rings. The van der Waals surface area contributed by atoms with Crippen LogP contribution in [0.25, 0.3) is 94.4 Å². The first-order valence-electron chi connectivity index (χ1n) is 19.1. The summed E-state index contributed by atoms with van der Waals surface area (Å²) in [7, 11) is 0. The van der Waals surface area contributed by atoms with Gasteiger partial charge in [0.25, 0.3) is 0 Å². The summed E-state index contributed by atoms with van der Waals surface area (Å²) < 4.78 is 102. The lowest BCUT2D eigenvalue weighted by atomic mass is 10.1. The maximum atomic E-state index is 9.55. The molecule has 0 atom stereocenters. The van der Waals surface area contributed by atoms with E-state index in [-0.39, 0.29) is 73.4 Å². The highest BCUT2D eigenvalue weighted by Crippen LogP contribution is 2.38. The first kappa shape index (κ1) is 16.5.